The zero-order chi connectivity index (χ0) is 14.1. The number of nitrogens with one attached hydrogen (secondary N) is 1. The lowest BCUT2D eigenvalue weighted by molar-refractivity contribution is -0.198. The first-order valence-corrected chi connectivity index (χ1v) is 5.13. The predicted octanol–water partition coefficient (Wildman–Crippen LogP) is 3.27. The number of anilines is 1. The number of alkyl halides is 4. The second-order valence-electron chi connectivity index (χ2n) is 3.74. The SMILES string of the molecule is Cc1cc(NC(=O)C(F)(F)C(C)(F)F)cc(Cl)n1. The van der Waals surface area contributed by atoms with E-state index in [1.165, 1.54) is 13.0 Å². The average molecular weight is 285 g/mol. The van der Waals surface area contributed by atoms with Crippen molar-refractivity contribution < 1.29 is 22.4 Å². The Morgan fingerprint density at radius 3 is 2.33 bits per heavy atom. The summed E-state index contributed by atoms with van der Waals surface area (Å²) >= 11 is 5.54. The minimum atomic E-state index is -4.81. The van der Waals surface area contributed by atoms with Crippen molar-refractivity contribution in [3.8, 4) is 0 Å². The van der Waals surface area contributed by atoms with E-state index < -0.39 is 17.8 Å². The van der Waals surface area contributed by atoms with E-state index in [0.717, 1.165) is 6.07 Å². The van der Waals surface area contributed by atoms with Crippen LogP contribution in [0.25, 0.3) is 0 Å². The van der Waals surface area contributed by atoms with Gasteiger partial charge < -0.3 is 5.32 Å². The molecule has 0 aliphatic heterocycles. The highest BCUT2D eigenvalue weighted by atomic mass is 35.5. The molecule has 0 unspecified atom stereocenters. The number of pyridine rings is 1. The molecule has 0 spiro atoms. The second kappa shape index (κ2) is 4.72. The Balaban J connectivity index is 2.95. The highest BCUT2D eigenvalue weighted by Gasteiger charge is 2.58. The van der Waals surface area contributed by atoms with Crippen LogP contribution in [-0.4, -0.2) is 22.7 Å². The number of amides is 1. The Morgan fingerprint density at radius 2 is 1.89 bits per heavy atom. The van der Waals surface area contributed by atoms with Crippen LogP contribution in [-0.2, 0) is 4.79 Å². The highest BCUT2D eigenvalue weighted by molar-refractivity contribution is 6.29. The van der Waals surface area contributed by atoms with Crippen molar-refractivity contribution in [2.45, 2.75) is 25.7 Å². The number of rotatable bonds is 3. The van der Waals surface area contributed by atoms with Gasteiger partial charge in [-0.2, -0.15) is 17.6 Å². The Bertz CT molecular complexity index is 453. The van der Waals surface area contributed by atoms with E-state index in [4.69, 9.17) is 11.6 Å². The molecule has 0 radical (unpaired) electrons. The molecule has 0 aliphatic carbocycles. The lowest BCUT2D eigenvalue weighted by Crippen LogP contribution is -2.48. The lowest BCUT2D eigenvalue weighted by Gasteiger charge is -2.21. The lowest BCUT2D eigenvalue weighted by atomic mass is 10.2. The largest absolute Gasteiger partial charge is 0.386 e. The van der Waals surface area contributed by atoms with Gasteiger partial charge in [0.25, 0.3) is 0 Å². The van der Waals surface area contributed by atoms with Gasteiger partial charge >= 0.3 is 17.8 Å². The molecule has 0 bridgehead atoms. The zero-order valence-electron chi connectivity index (χ0n) is 9.40. The molecule has 8 heteroatoms. The van der Waals surface area contributed by atoms with Gasteiger partial charge in [0.05, 0.1) is 0 Å². The van der Waals surface area contributed by atoms with E-state index in [-0.39, 0.29) is 17.8 Å². The first-order valence-electron chi connectivity index (χ1n) is 4.75. The standard InChI is InChI=1S/C10H9ClF4N2O/c1-5-3-6(4-7(11)16-5)17-8(18)10(14,15)9(2,12)13/h3-4H,1-2H3,(H,16,17,18). The fourth-order valence-electron chi connectivity index (χ4n) is 1.11. The molecule has 18 heavy (non-hydrogen) atoms. The Kier molecular flexibility index (Phi) is 3.85. The maximum absolute atomic E-state index is 13.0. The molecular weight excluding hydrogens is 276 g/mol. The van der Waals surface area contributed by atoms with Gasteiger partial charge in [0.1, 0.15) is 5.15 Å². The normalized spacial score (nSPS) is 12.4. The maximum Gasteiger partial charge on any atom is 0.386 e. The van der Waals surface area contributed by atoms with Crippen molar-refractivity contribution in [2.24, 2.45) is 0 Å². The smallest absolute Gasteiger partial charge is 0.320 e. The van der Waals surface area contributed by atoms with Gasteiger partial charge in [-0.15, -0.1) is 0 Å². The number of hydrogen-bond donors (Lipinski definition) is 1. The van der Waals surface area contributed by atoms with Gasteiger partial charge in [0.2, 0.25) is 0 Å². The van der Waals surface area contributed by atoms with Crippen LogP contribution in [0.1, 0.15) is 12.6 Å². The van der Waals surface area contributed by atoms with Crippen LogP contribution >= 0.6 is 11.6 Å². The number of aryl methyl sites for hydroxylation is 1. The summed E-state index contributed by atoms with van der Waals surface area (Å²) in [6, 6.07) is 2.31. The molecule has 0 saturated heterocycles. The first-order chi connectivity index (χ1) is 8.04. The summed E-state index contributed by atoms with van der Waals surface area (Å²) in [5, 5.41) is 1.63. The number of carbonyl (C=O) groups is 1. The summed E-state index contributed by atoms with van der Waals surface area (Å²) in [4.78, 5) is 14.8. The Morgan fingerprint density at radius 1 is 1.33 bits per heavy atom. The van der Waals surface area contributed by atoms with E-state index >= 15 is 0 Å². The summed E-state index contributed by atoms with van der Waals surface area (Å²) < 4.78 is 51.1. The molecule has 100 valence electrons. The number of nitrogens with zero attached hydrogens (tertiary/aromatic N) is 1. The van der Waals surface area contributed by atoms with Gasteiger partial charge in [-0.25, -0.2) is 4.98 Å². The third-order valence-electron chi connectivity index (χ3n) is 2.02. The van der Waals surface area contributed by atoms with Crippen LogP contribution in [0.3, 0.4) is 0 Å². The fourth-order valence-corrected chi connectivity index (χ4v) is 1.36. The van der Waals surface area contributed by atoms with Crippen molar-refractivity contribution in [3.63, 3.8) is 0 Å². The Labute approximate surface area is 105 Å². The van der Waals surface area contributed by atoms with Crippen LogP contribution < -0.4 is 5.32 Å². The van der Waals surface area contributed by atoms with E-state index in [0.29, 0.717) is 5.69 Å². The topological polar surface area (TPSA) is 42.0 Å². The van der Waals surface area contributed by atoms with Gasteiger partial charge in [-0.1, -0.05) is 11.6 Å². The minimum Gasteiger partial charge on any atom is -0.320 e. The quantitative estimate of drug-likeness (QED) is 0.684. The summed E-state index contributed by atoms with van der Waals surface area (Å²) in [6.45, 7) is 1.48. The predicted molar refractivity (Wildman–Crippen MR) is 58.2 cm³/mol. The Hall–Kier alpha value is -1.37. The van der Waals surface area contributed by atoms with Crippen LogP contribution in [0.4, 0.5) is 23.2 Å². The molecule has 3 nitrogen and oxygen atoms in total. The molecule has 0 atom stereocenters. The fraction of sp³-hybridized carbons (Fsp3) is 0.400. The van der Waals surface area contributed by atoms with Crippen LogP contribution in [0, 0.1) is 6.92 Å². The molecular formula is C10H9ClF4N2O. The molecule has 0 aromatic carbocycles. The van der Waals surface area contributed by atoms with E-state index in [1.54, 1.807) is 5.32 Å². The van der Waals surface area contributed by atoms with Gasteiger partial charge in [0, 0.05) is 18.3 Å². The molecule has 0 aliphatic rings. The van der Waals surface area contributed by atoms with Crippen LogP contribution in [0.15, 0.2) is 12.1 Å². The molecule has 1 rings (SSSR count). The van der Waals surface area contributed by atoms with E-state index in [9.17, 15) is 22.4 Å². The number of halogens is 5. The zero-order valence-corrected chi connectivity index (χ0v) is 10.2. The monoisotopic (exact) mass is 284 g/mol. The minimum absolute atomic E-state index is 0.0304. The van der Waals surface area contributed by atoms with Crippen molar-refractivity contribution in [2.75, 3.05) is 5.32 Å². The number of hydrogen-bond acceptors (Lipinski definition) is 2. The van der Waals surface area contributed by atoms with Gasteiger partial charge in [-0.05, 0) is 19.1 Å². The molecule has 0 saturated carbocycles. The highest BCUT2D eigenvalue weighted by Crippen LogP contribution is 2.34. The molecule has 0 fully saturated rings. The van der Waals surface area contributed by atoms with Crippen molar-refractivity contribution >= 4 is 23.2 Å². The van der Waals surface area contributed by atoms with Crippen LogP contribution in [0.2, 0.25) is 5.15 Å². The molecule has 1 aromatic rings. The van der Waals surface area contributed by atoms with Crippen molar-refractivity contribution in [1.82, 2.24) is 4.98 Å². The average Bonchev–Trinajstić information content (AvgIpc) is 2.13. The third-order valence-corrected chi connectivity index (χ3v) is 2.21. The van der Waals surface area contributed by atoms with E-state index in [1.807, 2.05) is 0 Å². The summed E-state index contributed by atoms with van der Waals surface area (Å²) in [5.41, 5.74) is 0.228. The molecule has 1 aromatic heterocycles. The first kappa shape index (κ1) is 14.7. The van der Waals surface area contributed by atoms with Gasteiger partial charge in [-0.3, -0.25) is 4.79 Å². The number of carbonyl (C=O) groups excluding carboxylic acids is 1. The summed E-state index contributed by atoms with van der Waals surface area (Å²) in [5.74, 6) is -11.4. The number of aromatic nitrogens is 1. The van der Waals surface area contributed by atoms with Crippen molar-refractivity contribution in [1.29, 1.82) is 0 Å². The molecule has 1 amide bonds. The molecule has 1 heterocycles. The van der Waals surface area contributed by atoms with Crippen molar-refractivity contribution in [3.05, 3.63) is 23.0 Å². The van der Waals surface area contributed by atoms with Crippen LogP contribution in [0.5, 0.6) is 0 Å². The van der Waals surface area contributed by atoms with Gasteiger partial charge in [0.15, 0.2) is 0 Å². The molecule has 1 N–H and O–H groups in total. The second-order valence-corrected chi connectivity index (χ2v) is 4.12. The maximum atomic E-state index is 13.0. The van der Waals surface area contributed by atoms with E-state index in [2.05, 4.69) is 4.98 Å². The summed E-state index contributed by atoms with van der Waals surface area (Å²) in [6.07, 6.45) is 0. The third kappa shape index (κ3) is 3.10. The summed E-state index contributed by atoms with van der Waals surface area (Å²) in [7, 11) is 0.